The van der Waals surface area contributed by atoms with Crippen molar-refractivity contribution in [3.63, 3.8) is 0 Å². The Morgan fingerprint density at radius 1 is 1.33 bits per heavy atom. The zero-order chi connectivity index (χ0) is 13.1. The van der Waals surface area contributed by atoms with Crippen LogP contribution in [0.2, 0.25) is 0 Å². The van der Waals surface area contributed by atoms with Gasteiger partial charge >= 0.3 is 0 Å². The van der Waals surface area contributed by atoms with Crippen LogP contribution >= 0.6 is 22.9 Å². The van der Waals surface area contributed by atoms with Gasteiger partial charge in [-0.3, -0.25) is 0 Å². The van der Waals surface area contributed by atoms with Crippen molar-refractivity contribution in [3.05, 3.63) is 52.0 Å². The number of thiophene rings is 1. The predicted octanol–water partition coefficient (Wildman–Crippen LogP) is 4.82. The van der Waals surface area contributed by atoms with Gasteiger partial charge in [-0.1, -0.05) is 12.1 Å². The lowest BCUT2D eigenvalue weighted by atomic mass is 10.1. The van der Waals surface area contributed by atoms with Gasteiger partial charge in [-0.25, -0.2) is 4.39 Å². The summed E-state index contributed by atoms with van der Waals surface area (Å²) in [6, 6.07) is 9.40. The Bertz CT molecular complexity index is 513. The molecule has 0 bridgehead atoms. The average molecular weight is 284 g/mol. The SMILES string of the molecule is CC(c1cccs1)N(C)c1cccc(F)c1CCl. The van der Waals surface area contributed by atoms with E-state index >= 15 is 0 Å². The number of nitrogens with zero attached hydrogens (tertiary/aromatic N) is 1. The van der Waals surface area contributed by atoms with Crippen molar-refractivity contribution in [2.75, 3.05) is 11.9 Å². The molecule has 1 atom stereocenters. The lowest BCUT2D eigenvalue weighted by molar-refractivity contribution is 0.614. The Balaban J connectivity index is 2.34. The van der Waals surface area contributed by atoms with E-state index in [-0.39, 0.29) is 17.7 Å². The molecule has 96 valence electrons. The van der Waals surface area contributed by atoms with Crippen LogP contribution in [0, 0.1) is 5.82 Å². The molecule has 1 aromatic carbocycles. The molecule has 2 rings (SSSR count). The van der Waals surface area contributed by atoms with Crippen molar-refractivity contribution in [1.82, 2.24) is 0 Å². The van der Waals surface area contributed by atoms with E-state index in [2.05, 4.69) is 17.9 Å². The van der Waals surface area contributed by atoms with E-state index in [1.54, 1.807) is 17.4 Å². The largest absolute Gasteiger partial charge is 0.367 e. The summed E-state index contributed by atoms with van der Waals surface area (Å²) >= 11 is 7.55. The highest BCUT2D eigenvalue weighted by Gasteiger charge is 2.17. The van der Waals surface area contributed by atoms with Crippen LogP contribution in [-0.2, 0) is 5.88 Å². The maximum atomic E-state index is 13.7. The zero-order valence-corrected chi connectivity index (χ0v) is 11.9. The molecule has 0 aliphatic rings. The van der Waals surface area contributed by atoms with Gasteiger partial charge in [0, 0.05) is 23.2 Å². The molecule has 4 heteroatoms. The standard InChI is InChI=1S/C14H15ClFNS/c1-10(14-7-4-8-18-14)17(2)13-6-3-5-12(16)11(13)9-15/h3-8,10H,9H2,1-2H3. The van der Waals surface area contributed by atoms with E-state index in [1.807, 2.05) is 24.6 Å². The smallest absolute Gasteiger partial charge is 0.129 e. The first-order valence-electron chi connectivity index (χ1n) is 5.74. The number of anilines is 1. The molecule has 0 aliphatic carbocycles. The summed E-state index contributed by atoms with van der Waals surface area (Å²) < 4.78 is 13.7. The van der Waals surface area contributed by atoms with Crippen molar-refractivity contribution in [2.24, 2.45) is 0 Å². The minimum Gasteiger partial charge on any atom is -0.367 e. The minimum absolute atomic E-state index is 0.184. The number of benzene rings is 1. The fourth-order valence-electron chi connectivity index (χ4n) is 1.94. The molecule has 0 radical (unpaired) electrons. The highest BCUT2D eigenvalue weighted by atomic mass is 35.5. The number of hydrogen-bond donors (Lipinski definition) is 0. The maximum absolute atomic E-state index is 13.7. The van der Waals surface area contributed by atoms with Gasteiger partial charge in [-0.05, 0) is 30.5 Å². The van der Waals surface area contributed by atoms with E-state index in [4.69, 9.17) is 11.6 Å². The lowest BCUT2D eigenvalue weighted by Crippen LogP contribution is -2.22. The molecule has 18 heavy (non-hydrogen) atoms. The number of hydrogen-bond acceptors (Lipinski definition) is 2. The average Bonchev–Trinajstić information content (AvgIpc) is 2.90. The van der Waals surface area contributed by atoms with Crippen LogP contribution in [0.3, 0.4) is 0 Å². The molecule has 1 heterocycles. The third-order valence-electron chi connectivity index (χ3n) is 3.14. The summed E-state index contributed by atoms with van der Waals surface area (Å²) in [5.41, 5.74) is 1.41. The molecule has 0 amide bonds. The molecule has 0 aliphatic heterocycles. The molecule has 0 saturated carbocycles. The molecule has 2 aromatic rings. The van der Waals surface area contributed by atoms with Gasteiger partial charge in [0.1, 0.15) is 5.82 Å². The predicted molar refractivity (Wildman–Crippen MR) is 77.1 cm³/mol. The zero-order valence-electron chi connectivity index (χ0n) is 10.4. The molecule has 0 fully saturated rings. The van der Waals surface area contributed by atoms with E-state index < -0.39 is 0 Å². The van der Waals surface area contributed by atoms with E-state index in [0.29, 0.717) is 5.56 Å². The summed E-state index contributed by atoms with van der Waals surface area (Å²) in [5, 5.41) is 2.05. The fourth-order valence-corrected chi connectivity index (χ4v) is 3.03. The van der Waals surface area contributed by atoms with Crippen LogP contribution in [0.25, 0.3) is 0 Å². The Morgan fingerprint density at radius 2 is 2.11 bits per heavy atom. The van der Waals surface area contributed by atoms with Crippen molar-refractivity contribution in [1.29, 1.82) is 0 Å². The van der Waals surface area contributed by atoms with Gasteiger partial charge in [-0.2, -0.15) is 0 Å². The molecule has 1 aromatic heterocycles. The van der Waals surface area contributed by atoms with Crippen molar-refractivity contribution < 1.29 is 4.39 Å². The van der Waals surface area contributed by atoms with Gasteiger partial charge in [0.05, 0.1) is 11.9 Å². The quantitative estimate of drug-likeness (QED) is 0.727. The van der Waals surface area contributed by atoms with E-state index in [1.165, 1.54) is 10.9 Å². The van der Waals surface area contributed by atoms with Crippen LogP contribution < -0.4 is 4.90 Å². The van der Waals surface area contributed by atoms with Crippen molar-refractivity contribution in [3.8, 4) is 0 Å². The first-order chi connectivity index (χ1) is 8.65. The van der Waals surface area contributed by atoms with Crippen molar-refractivity contribution in [2.45, 2.75) is 18.8 Å². The molecule has 0 spiro atoms. The van der Waals surface area contributed by atoms with Gasteiger partial charge in [0.25, 0.3) is 0 Å². The normalized spacial score (nSPS) is 12.4. The second-order valence-corrected chi connectivity index (χ2v) is 5.42. The van der Waals surface area contributed by atoms with Gasteiger partial charge in [-0.15, -0.1) is 22.9 Å². The number of halogens is 2. The summed E-state index contributed by atoms with van der Waals surface area (Å²) in [7, 11) is 1.97. The monoisotopic (exact) mass is 283 g/mol. The van der Waals surface area contributed by atoms with E-state index in [9.17, 15) is 4.39 Å². The first kappa shape index (κ1) is 13.4. The second kappa shape index (κ2) is 5.72. The Kier molecular flexibility index (Phi) is 4.25. The van der Waals surface area contributed by atoms with Crippen LogP contribution in [0.15, 0.2) is 35.7 Å². The summed E-state index contributed by atoms with van der Waals surface area (Å²) in [5.74, 6) is -0.0588. The van der Waals surface area contributed by atoms with Crippen LogP contribution in [0.1, 0.15) is 23.4 Å². The highest BCUT2D eigenvalue weighted by molar-refractivity contribution is 7.10. The minimum atomic E-state index is -0.243. The summed E-state index contributed by atoms with van der Waals surface area (Å²) in [6.45, 7) is 2.11. The first-order valence-corrected chi connectivity index (χ1v) is 7.16. The number of alkyl halides is 1. The molecule has 1 unspecified atom stereocenters. The van der Waals surface area contributed by atoms with Gasteiger partial charge in [0.15, 0.2) is 0 Å². The third-order valence-corrected chi connectivity index (χ3v) is 4.45. The molecule has 0 N–H and O–H groups in total. The lowest BCUT2D eigenvalue weighted by Gasteiger charge is -2.28. The molecular weight excluding hydrogens is 269 g/mol. The Labute approximate surface area is 116 Å². The molecule has 0 saturated heterocycles. The summed E-state index contributed by atoms with van der Waals surface area (Å²) in [4.78, 5) is 3.31. The maximum Gasteiger partial charge on any atom is 0.129 e. The van der Waals surface area contributed by atoms with E-state index in [0.717, 1.165) is 5.69 Å². The number of rotatable bonds is 4. The molecular formula is C14H15ClFNS. The Morgan fingerprint density at radius 3 is 2.72 bits per heavy atom. The van der Waals surface area contributed by atoms with Crippen LogP contribution in [-0.4, -0.2) is 7.05 Å². The van der Waals surface area contributed by atoms with Crippen LogP contribution in [0.5, 0.6) is 0 Å². The fraction of sp³-hybridized carbons (Fsp3) is 0.286. The van der Waals surface area contributed by atoms with Crippen LogP contribution in [0.4, 0.5) is 10.1 Å². The van der Waals surface area contributed by atoms with Gasteiger partial charge < -0.3 is 4.90 Å². The Hall–Kier alpha value is -1.06. The third kappa shape index (κ3) is 2.52. The summed E-state index contributed by atoms with van der Waals surface area (Å²) in [6.07, 6.45) is 0. The van der Waals surface area contributed by atoms with Gasteiger partial charge in [0.2, 0.25) is 0 Å². The van der Waals surface area contributed by atoms with Crippen molar-refractivity contribution >= 4 is 28.6 Å². The topological polar surface area (TPSA) is 3.24 Å². The highest BCUT2D eigenvalue weighted by Crippen LogP contribution is 2.32. The molecule has 1 nitrogen and oxygen atoms in total. The second-order valence-electron chi connectivity index (χ2n) is 4.17.